The summed E-state index contributed by atoms with van der Waals surface area (Å²) in [4.78, 5) is 14.8. The van der Waals surface area contributed by atoms with Gasteiger partial charge in [-0.1, -0.05) is 6.07 Å². The largest absolute Gasteiger partial charge is 0.494 e. The van der Waals surface area contributed by atoms with E-state index in [2.05, 4.69) is 9.93 Å². The Kier molecular flexibility index (Phi) is 7.27. The summed E-state index contributed by atoms with van der Waals surface area (Å²) in [5, 5.41) is 5.58. The van der Waals surface area contributed by atoms with Crippen LogP contribution in [0, 0.1) is 0 Å². The number of carbonyl (C=O) groups excluding carboxylic acids is 1. The Labute approximate surface area is 184 Å². The summed E-state index contributed by atoms with van der Waals surface area (Å²) in [6.45, 7) is 2.33. The number of sulfonamides is 1. The molecule has 8 nitrogen and oxygen atoms in total. The Balaban J connectivity index is 1.68. The minimum atomic E-state index is -3.83. The monoisotopic (exact) mass is 460 g/mol. The van der Waals surface area contributed by atoms with E-state index in [-0.39, 0.29) is 10.6 Å². The van der Waals surface area contributed by atoms with Crippen molar-refractivity contribution in [3.8, 4) is 17.2 Å². The van der Waals surface area contributed by atoms with E-state index in [4.69, 9.17) is 14.2 Å². The number of esters is 1. The molecule has 31 heavy (non-hydrogen) atoms. The molecule has 3 rings (SSSR count). The van der Waals surface area contributed by atoms with Gasteiger partial charge in [0.2, 0.25) is 0 Å². The molecule has 0 unspecified atom stereocenters. The molecule has 162 valence electrons. The average molecular weight is 461 g/mol. The summed E-state index contributed by atoms with van der Waals surface area (Å²) in [6, 6.07) is 14.2. The molecule has 1 N–H and O–H groups in total. The van der Waals surface area contributed by atoms with Gasteiger partial charge in [0.15, 0.2) is 11.5 Å². The van der Waals surface area contributed by atoms with Gasteiger partial charge in [0.25, 0.3) is 10.0 Å². The fourth-order valence-corrected chi connectivity index (χ4v) is 3.89. The molecule has 0 bridgehead atoms. The van der Waals surface area contributed by atoms with Crippen molar-refractivity contribution in [2.75, 3.05) is 13.7 Å². The second kappa shape index (κ2) is 10.1. The van der Waals surface area contributed by atoms with Crippen LogP contribution in [0.5, 0.6) is 17.2 Å². The van der Waals surface area contributed by atoms with Gasteiger partial charge in [-0.15, -0.1) is 11.3 Å². The highest BCUT2D eigenvalue weighted by atomic mass is 32.2. The minimum Gasteiger partial charge on any atom is -0.494 e. The van der Waals surface area contributed by atoms with Crippen LogP contribution in [0.3, 0.4) is 0 Å². The fraction of sp³-hybridized carbons (Fsp3) is 0.143. The lowest BCUT2D eigenvalue weighted by Gasteiger charge is -2.09. The van der Waals surface area contributed by atoms with Gasteiger partial charge in [0.1, 0.15) is 10.6 Å². The molecule has 1 heterocycles. The number of methoxy groups -OCH3 is 1. The van der Waals surface area contributed by atoms with Gasteiger partial charge in [-0.05, 0) is 66.4 Å². The molecule has 0 amide bonds. The van der Waals surface area contributed by atoms with Crippen molar-refractivity contribution in [3.63, 3.8) is 0 Å². The SMILES string of the molecule is CCOc1ccc(S(=O)(=O)N/N=C\c2ccc(OC(=O)c3cccs3)c(OC)c2)cc1. The number of rotatable bonds is 9. The predicted molar refractivity (Wildman–Crippen MR) is 118 cm³/mol. The van der Waals surface area contributed by atoms with Crippen LogP contribution in [-0.4, -0.2) is 34.3 Å². The standard InChI is InChI=1S/C21H20N2O6S2/c1-3-28-16-7-9-17(10-8-16)31(25,26)23-22-14-15-6-11-18(19(13-15)27-2)29-21(24)20-5-4-12-30-20/h4-14,23H,3H2,1-2H3/b22-14-. The first-order valence-corrected chi connectivity index (χ1v) is 11.5. The maximum absolute atomic E-state index is 12.4. The predicted octanol–water partition coefficient (Wildman–Crippen LogP) is 3.69. The van der Waals surface area contributed by atoms with Gasteiger partial charge in [-0.3, -0.25) is 0 Å². The summed E-state index contributed by atoms with van der Waals surface area (Å²) < 4.78 is 40.6. The van der Waals surface area contributed by atoms with E-state index in [1.807, 2.05) is 6.92 Å². The number of thiophene rings is 1. The lowest BCUT2D eigenvalue weighted by Crippen LogP contribution is -2.18. The van der Waals surface area contributed by atoms with E-state index < -0.39 is 16.0 Å². The second-order valence-electron chi connectivity index (χ2n) is 6.03. The zero-order chi connectivity index (χ0) is 22.3. The molecular weight excluding hydrogens is 440 g/mol. The van der Waals surface area contributed by atoms with Crippen LogP contribution >= 0.6 is 11.3 Å². The van der Waals surface area contributed by atoms with Crippen LogP contribution in [0.4, 0.5) is 0 Å². The number of hydrogen-bond acceptors (Lipinski definition) is 8. The highest BCUT2D eigenvalue weighted by Crippen LogP contribution is 2.29. The van der Waals surface area contributed by atoms with Gasteiger partial charge in [-0.25, -0.2) is 9.63 Å². The van der Waals surface area contributed by atoms with Gasteiger partial charge in [0.05, 0.1) is 24.8 Å². The number of hydrazone groups is 1. The zero-order valence-electron chi connectivity index (χ0n) is 16.8. The number of ether oxygens (including phenoxy) is 3. The highest BCUT2D eigenvalue weighted by molar-refractivity contribution is 7.89. The van der Waals surface area contributed by atoms with Crippen molar-refractivity contribution in [2.24, 2.45) is 5.10 Å². The molecule has 0 radical (unpaired) electrons. The third kappa shape index (κ3) is 5.83. The van der Waals surface area contributed by atoms with Crippen LogP contribution in [0.1, 0.15) is 22.2 Å². The van der Waals surface area contributed by atoms with Gasteiger partial charge in [-0.2, -0.15) is 13.5 Å². The third-order valence-corrected chi connectivity index (χ3v) is 6.03. The molecule has 10 heteroatoms. The molecule has 1 aromatic heterocycles. The number of hydrogen-bond donors (Lipinski definition) is 1. The summed E-state index contributed by atoms with van der Waals surface area (Å²) in [5.41, 5.74) is 0.544. The van der Waals surface area contributed by atoms with Crippen molar-refractivity contribution in [3.05, 3.63) is 70.4 Å². The van der Waals surface area contributed by atoms with E-state index in [1.165, 1.54) is 36.8 Å². The summed E-state index contributed by atoms with van der Waals surface area (Å²) in [6.07, 6.45) is 1.32. The molecule has 0 aliphatic heterocycles. The molecule has 0 aliphatic carbocycles. The fourth-order valence-electron chi connectivity index (χ4n) is 2.50. The van der Waals surface area contributed by atoms with Crippen LogP contribution < -0.4 is 19.0 Å². The maximum atomic E-state index is 12.4. The number of nitrogens with zero attached hydrogens (tertiary/aromatic N) is 1. The van der Waals surface area contributed by atoms with Gasteiger partial charge < -0.3 is 14.2 Å². The molecule has 0 fully saturated rings. The first-order valence-electron chi connectivity index (χ1n) is 9.14. The van der Waals surface area contributed by atoms with Gasteiger partial charge in [0, 0.05) is 0 Å². The van der Waals surface area contributed by atoms with Crippen molar-refractivity contribution in [1.82, 2.24) is 4.83 Å². The van der Waals surface area contributed by atoms with Crippen LogP contribution in [0.2, 0.25) is 0 Å². The van der Waals surface area contributed by atoms with Crippen molar-refractivity contribution < 1.29 is 27.4 Å². The zero-order valence-corrected chi connectivity index (χ0v) is 18.4. The minimum absolute atomic E-state index is 0.0570. The molecule has 0 aliphatic rings. The lowest BCUT2D eigenvalue weighted by molar-refractivity contribution is 0.0735. The van der Waals surface area contributed by atoms with E-state index in [0.29, 0.717) is 28.5 Å². The van der Waals surface area contributed by atoms with Gasteiger partial charge >= 0.3 is 5.97 Å². The van der Waals surface area contributed by atoms with Crippen molar-refractivity contribution in [2.45, 2.75) is 11.8 Å². The number of nitrogens with one attached hydrogen (secondary N) is 1. The molecule has 0 spiro atoms. The Morgan fingerprint density at radius 3 is 2.55 bits per heavy atom. The number of carbonyl (C=O) groups is 1. The average Bonchev–Trinajstić information content (AvgIpc) is 3.30. The molecule has 3 aromatic rings. The summed E-state index contributed by atoms with van der Waals surface area (Å²) >= 11 is 1.27. The topological polar surface area (TPSA) is 103 Å². The Hall–Kier alpha value is -3.37. The van der Waals surface area contributed by atoms with Crippen LogP contribution in [0.15, 0.2) is 70.0 Å². The van der Waals surface area contributed by atoms with E-state index in [0.717, 1.165) is 0 Å². The second-order valence-corrected chi connectivity index (χ2v) is 8.64. The molecule has 0 saturated carbocycles. The molecular formula is C21H20N2O6S2. The third-order valence-electron chi connectivity index (χ3n) is 3.94. The number of benzene rings is 2. The van der Waals surface area contributed by atoms with Crippen LogP contribution in [0.25, 0.3) is 0 Å². The Morgan fingerprint density at radius 2 is 1.90 bits per heavy atom. The quantitative estimate of drug-likeness (QED) is 0.226. The molecule has 0 saturated heterocycles. The first-order chi connectivity index (χ1) is 14.9. The lowest BCUT2D eigenvalue weighted by atomic mass is 10.2. The van der Waals surface area contributed by atoms with Crippen molar-refractivity contribution in [1.29, 1.82) is 0 Å². The Morgan fingerprint density at radius 1 is 1.13 bits per heavy atom. The smallest absolute Gasteiger partial charge is 0.353 e. The summed E-state index contributed by atoms with van der Waals surface area (Å²) in [5.74, 6) is 0.644. The van der Waals surface area contributed by atoms with Crippen molar-refractivity contribution >= 4 is 33.5 Å². The first kappa shape index (κ1) is 22.3. The van der Waals surface area contributed by atoms with E-state index >= 15 is 0 Å². The highest BCUT2D eigenvalue weighted by Gasteiger charge is 2.14. The van der Waals surface area contributed by atoms with E-state index in [9.17, 15) is 13.2 Å². The summed E-state index contributed by atoms with van der Waals surface area (Å²) in [7, 11) is -2.39. The van der Waals surface area contributed by atoms with Crippen LogP contribution in [-0.2, 0) is 10.0 Å². The maximum Gasteiger partial charge on any atom is 0.353 e. The molecule has 2 aromatic carbocycles. The Bertz CT molecular complexity index is 1160. The van der Waals surface area contributed by atoms with E-state index in [1.54, 1.807) is 47.8 Å². The normalized spacial score (nSPS) is 11.3. The molecule has 0 atom stereocenters.